The number of amides is 2. The van der Waals surface area contributed by atoms with Gasteiger partial charge in [-0.25, -0.2) is 0 Å². The number of benzene rings is 4. The fourth-order valence-electron chi connectivity index (χ4n) is 5.11. The Hall–Kier alpha value is -3.94. The second-order valence-electron chi connectivity index (χ2n) is 8.84. The number of phenols is 1. The van der Waals surface area contributed by atoms with Gasteiger partial charge in [0.15, 0.2) is 0 Å². The molecule has 0 bridgehead atoms. The molecule has 37 heavy (non-hydrogen) atoms. The number of carbonyl (C=O) groups is 2. The lowest BCUT2D eigenvalue weighted by atomic mass is 9.93. The Balaban J connectivity index is 1.56. The smallest absolute Gasteiger partial charge is 0.259 e. The average Bonchev–Trinajstić information content (AvgIpc) is 3.36. The number of aromatic nitrogens is 1. The van der Waals surface area contributed by atoms with E-state index in [2.05, 4.69) is 27.3 Å². The summed E-state index contributed by atoms with van der Waals surface area (Å²) in [5.74, 6) is -0.811. The van der Waals surface area contributed by atoms with Crippen LogP contribution in [0.1, 0.15) is 20.7 Å². The second kappa shape index (κ2) is 9.18. The Bertz CT molecular complexity index is 1740. The fourth-order valence-corrected chi connectivity index (χ4v) is 5.81. The van der Waals surface area contributed by atoms with Crippen LogP contribution in [0.25, 0.3) is 32.9 Å². The molecule has 0 aliphatic carbocycles. The molecule has 0 atom stereocenters. The third-order valence-corrected chi connectivity index (χ3v) is 7.77. The number of halogens is 1. The summed E-state index contributed by atoms with van der Waals surface area (Å²) >= 11 is 8.23. The zero-order valence-corrected chi connectivity index (χ0v) is 21.4. The third-order valence-electron chi connectivity index (χ3n) is 6.72. The number of hydrogen-bond acceptors (Lipinski definition) is 5. The molecule has 0 fully saturated rings. The lowest BCUT2D eigenvalue weighted by molar-refractivity contribution is 0.0880. The number of carbonyl (C=O) groups excluding carboxylic acids is 2. The lowest BCUT2D eigenvalue weighted by Crippen LogP contribution is -2.20. The van der Waals surface area contributed by atoms with Gasteiger partial charge in [-0.15, -0.1) is 11.8 Å². The summed E-state index contributed by atoms with van der Waals surface area (Å²) in [6, 6.07) is 22.6. The van der Waals surface area contributed by atoms with Crippen molar-refractivity contribution in [3.8, 4) is 16.9 Å². The van der Waals surface area contributed by atoms with Gasteiger partial charge in [-0.3, -0.25) is 14.9 Å². The van der Waals surface area contributed by atoms with Crippen molar-refractivity contribution in [2.75, 3.05) is 18.1 Å². The summed E-state index contributed by atoms with van der Waals surface area (Å²) in [7, 11) is 0. The minimum Gasteiger partial charge on any atom is -0.508 e. The largest absolute Gasteiger partial charge is 0.508 e. The number of anilines is 1. The first kappa shape index (κ1) is 23.5. The molecule has 1 aromatic heterocycles. The Morgan fingerprint density at radius 1 is 0.919 bits per heavy atom. The zero-order valence-electron chi connectivity index (χ0n) is 19.8. The Kier molecular flexibility index (Phi) is 5.82. The van der Waals surface area contributed by atoms with Crippen LogP contribution < -0.4 is 10.6 Å². The van der Waals surface area contributed by atoms with Crippen LogP contribution in [0.15, 0.2) is 77.7 Å². The summed E-state index contributed by atoms with van der Waals surface area (Å²) in [4.78, 5) is 27.3. The van der Waals surface area contributed by atoms with Gasteiger partial charge in [-0.1, -0.05) is 35.9 Å². The Morgan fingerprint density at radius 2 is 1.73 bits per heavy atom. The van der Waals surface area contributed by atoms with Crippen molar-refractivity contribution < 1.29 is 14.7 Å². The average molecular weight is 528 g/mol. The maximum Gasteiger partial charge on any atom is 0.259 e. The Morgan fingerprint density at radius 3 is 2.54 bits per heavy atom. The van der Waals surface area contributed by atoms with Crippen molar-refractivity contribution in [3.05, 3.63) is 88.9 Å². The van der Waals surface area contributed by atoms with E-state index in [1.165, 1.54) is 4.90 Å². The van der Waals surface area contributed by atoms with Crippen LogP contribution in [0.4, 0.5) is 5.69 Å². The number of nitrogens with zero attached hydrogens (tertiary/aromatic N) is 1. The van der Waals surface area contributed by atoms with Gasteiger partial charge >= 0.3 is 0 Å². The first-order valence-electron chi connectivity index (χ1n) is 11.8. The highest BCUT2D eigenvalue weighted by Gasteiger charge is 2.34. The topological polar surface area (TPSA) is 83.4 Å². The molecule has 4 aromatic carbocycles. The standard InChI is InChI=1S/C29H22ClN3O3S/c1-37-18-6-4-5-16(13-18)31-11-12-33-23-10-9-17(34)14-21(23)25-24(33)15-20(19-7-2-3-8-22(19)30)26-27(25)29(36)32-28(26)35/h2-10,13-15,31,34H,11-12H2,1H3,(H,32,35,36). The van der Waals surface area contributed by atoms with Crippen molar-refractivity contribution in [1.82, 2.24) is 9.88 Å². The van der Waals surface area contributed by atoms with E-state index in [9.17, 15) is 14.7 Å². The predicted molar refractivity (Wildman–Crippen MR) is 150 cm³/mol. The molecule has 3 N–H and O–H groups in total. The summed E-state index contributed by atoms with van der Waals surface area (Å²) in [6.07, 6.45) is 2.04. The molecule has 184 valence electrons. The molecule has 5 aromatic rings. The van der Waals surface area contributed by atoms with Gasteiger partial charge in [-0.2, -0.15) is 0 Å². The highest BCUT2D eigenvalue weighted by Crippen LogP contribution is 2.42. The highest BCUT2D eigenvalue weighted by atomic mass is 35.5. The van der Waals surface area contributed by atoms with Crippen molar-refractivity contribution in [2.24, 2.45) is 0 Å². The van der Waals surface area contributed by atoms with Crippen LogP contribution >= 0.6 is 23.4 Å². The van der Waals surface area contributed by atoms with E-state index in [1.54, 1.807) is 30.0 Å². The summed E-state index contributed by atoms with van der Waals surface area (Å²) in [6.45, 7) is 1.21. The van der Waals surface area contributed by atoms with E-state index in [4.69, 9.17) is 11.6 Å². The molecule has 6 nitrogen and oxygen atoms in total. The van der Waals surface area contributed by atoms with E-state index in [0.717, 1.165) is 16.7 Å². The van der Waals surface area contributed by atoms with Crippen LogP contribution in [0.2, 0.25) is 5.02 Å². The normalized spacial score (nSPS) is 12.8. The summed E-state index contributed by atoms with van der Waals surface area (Å²) in [5, 5.41) is 18.1. The molecule has 1 aliphatic rings. The molecule has 8 heteroatoms. The molecule has 0 saturated heterocycles. The van der Waals surface area contributed by atoms with Crippen LogP contribution in [-0.4, -0.2) is 34.3 Å². The van der Waals surface area contributed by atoms with E-state index in [-0.39, 0.29) is 5.75 Å². The molecule has 2 amide bonds. The minimum atomic E-state index is -0.451. The van der Waals surface area contributed by atoms with E-state index in [0.29, 0.717) is 51.1 Å². The molecule has 0 spiro atoms. The van der Waals surface area contributed by atoms with Crippen LogP contribution in [0.3, 0.4) is 0 Å². The molecule has 1 aliphatic heterocycles. The Labute approximate surface area is 222 Å². The number of hydrogen-bond donors (Lipinski definition) is 3. The van der Waals surface area contributed by atoms with Gasteiger partial charge < -0.3 is 15.0 Å². The van der Waals surface area contributed by atoms with Crippen LogP contribution in [0.5, 0.6) is 5.75 Å². The summed E-state index contributed by atoms with van der Waals surface area (Å²) < 4.78 is 2.12. The lowest BCUT2D eigenvalue weighted by Gasteiger charge is -2.13. The van der Waals surface area contributed by atoms with Crippen molar-refractivity contribution >= 4 is 62.7 Å². The third kappa shape index (κ3) is 3.91. The predicted octanol–water partition coefficient (Wildman–Crippen LogP) is 6.54. The molecule has 6 rings (SSSR count). The van der Waals surface area contributed by atoms with Crippen LogP contribution in [-0.2, 0) is 6.54 Å². The van der Waals surface area contributed by atoms with E-state index < -0.39 is 11.8 Å². The molecule has 0 radical (unpaired) electrons. The first-order valence-corrected chi connectivity index (χ1v) is 13.4. The minimum absolute atomic E-state index is 0.0900. The maximum absolute atomic E-state index is 13.1. The first-order chi connectivity index (χ1) is 18.0. The monoisotopic (exact) mass is 527 g/mol. The number of aromatic hydroxyl groups is 1. The molecular formula is C29H22ClN3O3S. The van der Waals surface area contributed by atoms with Gasteiger partial charge in [0.2, 0.25) is 0 Å². The number of thioether (sulfide) groups is 1. The zero-order chi connectivity index (χ0) is 25.7. The van der Waals surface area contributed by atoms with Gasteiger partial charge in [-0.05, 0) is 60.4 Å². The van der Waals surface area contributed by atoms with E-state index >= 15 is 0 Å². The van der Waals surface area contributed by atoms with Crippen molar-refractivity contribution in [1.29, 1.82) is 0 Å². The van der Waals surface area contributed by atoms with Gasteiger partial charge in [0.25, 0.3) is 11.8 Å². The number of fused-ring (bicyclic) bond motifs is 5. The number of nitrogens with one attached hydrogen (secondary N) is 2. The molecule has 0 saturated carbocycles. The van der Waals surface area contributed by atoms with Gasteiger partial charge in [0.1, 0.15) is 5.75 Å². The van der Waals surface area contributed by atoms with Gasteiger partial charge in [0.05, 0.1) is 16.6 Å². The van der Waals surface area contributed by atoms with E-state index in [1.807, 2.05) is 48.7 Å². The van der Waals surface area contributed by atoms with Crippen molar-refractivity contribution in [2.45, 2.75) is 11.4 Å². The van der Waals surface area contributed by atoms with Crippen LogP contribution in [0, 0.1) is 0 Å². The maximum atomic E-state index is 13.1. The highest BCUT2D eigenvalue weighted by molar-refractivity contribution is 7.98. The molecular weight excluding hydrogens is 506 g/mol. The molecule has 0 unspecified atom stereocenters. The number of imide groups is 1. The quantitative estimate of drug-likeness (QED) is 0.172. The second-order valence-corrected chi connectivity index (χ2v) is 10.1. The summed E-state index contributed by atoms with van der Waals surface area (Å²) in [5.41, 5.74) is 4.57. The fraction of sp³-hybridized carbons (Fsp3) is 0.103. The SMILES string of the molecule is CSc1cccc(NCCn2c3ccc(O)cc3c3c4c(c(-c5ccccc5Cl)cc32)C(=O)NC4=O)c1. The van der Waals surface area contributed by atoms with Gasteiger partial charge in [0, 0.05) is 50.5 Å². The molecule has 2 heterocycles. The number of phenolic OH excluding ortho intramolecular Hbond substituents is 1. The van der Waals surface area contributed by atoms with Crippen molar-refractivity contribution in [3.63, 3.8) is 0 Å². The number of rotatable bonds is 6.